The molecule has 4 nitrogen and oxygen atoms in total. The fraction of sp³-hybridized carbons (Fsp3) is 0.375. The van der Waals surface area contributed by atoms with Crippen LogP contribution in [0.1, 0.15) is 18.9 Å². The number of esters is 1. The highest BCUT2D eigenvalue weighted by atomic mass is 32.2. The Labute approximate surface area is 128 Å². The molecule has 1 atom stereocenters. The van der Waals surface area contributed by atoms with Gasteiger partial charge in [-0.25, -0.2) is 4.79 Å². The smallest absolute Gasteiger partial charge is 0.338 e. The van der Waals surface area contributed by atoms with E-state index < -0.39 is 0 Å². The molecule has 0 aliphatic carbocycles. The van der Waals surface area contributed by atoms with Gasteiger partial charge in [-0.1, -0.05) is 18.2 Å². The van der Waals surface area contributed by atoms with Crippen molar-refractivity contribution >= 4 is 29.2 Å². The van der Waals surface area contributed by atoms with Crippen LogP contribution in [0.15, 0.2) is 35.2 Å². The Balaban J connectivity index is 2.10. The van der Waals surface area contributed by atoms with E-state index in [1.807, 2.05) is 36.6 Å². The predicted octanol–water partition coefficient (Wildman–Crippen LogP) is 2.49. The van der Waals surface area contributed by atoms with Crippen LogP contribution in [0.25, 0.3) is 5.57 Å². The van der Waals surface area contributed by atoms with Crippen molar-refractivity contribution in [1.29, 1.82) is 0 Å². The molecule has 0 saturated carbocycles. The Hall–Kier alpha value is -1.75. The number of thioether (sulfide) groups is 1. The zero-order valence-electron chi connectivity index (χ0n) is 12.2. The number of carbonyl (C=O) groups excluding carboxylic acids is 2. The highest BCUT2D eigenvalue weighted by molar-refractivity contribution is 7.98. The minimum Gasteiger partial charge on any atom is -0.462 e. The molecule has 0 radical (unpaired) electrons. The maximum absolute atomic E-state index is 12.1. The Kier molecular flexibility index (Phi) is 5.44. The summed E-state index contributed by atoms with van der Waals surface area (Å²) >= 11 is 1.66. The number of cyclic esters (lactones) is 1. The fourth-order valence-corrected chi connectivity index (χ4v) is 2.55. The molecule has 0 fully saturated rings. The van der Waals surface area contributed by atoms with Crippen molar-refractivity contribution in [2.24, 2.45) is 5.92 Å². The summed E-state index contributed by atoms with van der Waals surface area (Å²) in [4.78, 5) is 24.2. The van der Waals surface area contributed by atoms with Gasteiger partial charge >= 0.3 is 5.97 Å². The van der Waals surface area contributed by atoms with Crippen LogP contribution in [-0.4, -0.2) is 31.3 Å². The maximum Gasteiger partial charge on any atom is 0.338 e. The van der Waals surface area contributed by atoms with Crippen LogP contribution in [0.2, 0.25) is 0 Å². The molecule has 1 unspecified atom stereocenters. The quantitative estimate of drug-likeness (QED) is 0.686. The van der Waals surface area contributed by atoms with E-state index in [-0.39, 0.29) is 17.8 Å². The zero-order valence-corrected chi connectivity index (χ0v) is 13.0. The summed E-state index contributed by atoms with van der Waals surface area (Å²) < 4.78 is 5.31. The first-order chi connectivity index (χ1) is 10.1. The number of carbonyl (C=O) groups is 2. The third kappa shape index (κ3) is 4.36. The number of rotatable bonds is 4. The average molecular weight is 305 g/mol. The number of hydrogen-bond donors (Lipinski definition) is 1. The second kappa shape index (κ2) is 7.31. The molecule has 21 heavy (non-hydrogen) atoms. The minimum atomic E-state index is -0.294. The van der Waals surface area contributed by atoms with E-state index in [4.69, 9.17) is 4.74 Å². The normalized spacial score (nSPS) is 18.5. The number of hydrogen-bond acceptors (Lipinski definition) is 4. The first-order valence-electron chi connectivity index (χ1n) is 6.86. The third-order valence-electron chi connectivity index (χ3n) is 3.37. The van der Waals surface area contributed by atoms with Gasteiger partial charge in [-0.15, -0.1) is 11.8 Å². The molecule has 1 aliphatic heterocycles. The summed E-state index contributed by atoms with van der Waals surface area (Å²) in [6.45, 7) is 2.34. The Morgan fingerprint density at radius 1 is 1.38 bits per heavy atom. The number of ether oxygens (including phenoxy) is 1. The van der Waals surface area contributed by atoms with Crippen LogP contribution >= 0.6 is 11.8 Å². The lowest BCUT2D eigenvalue weighted by Crippen LogP contribution is -2.29. The summed E-state index contributed by atoms with van der Waals surface area (Å²) in [5.41, 5.74) is 1.48. The largest absolute Gasteiger partial charge is 0.462 e. The number of benzene rings is 1. The summed E-state index contributed by atoms with van der Waals surface area (Å²) in [5, 5.41) is 2.77. The number of nitrogens with one attached hydrogen (secondary N) is 1. The first-order valence-corrected chi connectivity index (χ1v) is 8.08. The summed E-state index contributed by atoms with van der Waals surface area (Å²) in [6.07, 6.45) is 4.64. The molecule has 0 bridgehead atoms. The van der Waals surface area contributed by atoms with E-state index in [0.29, 0.717) is 25.1 Å². The van der Waals surface area contributed by atoms with Gasteiger partial charge in [-0.3, -0.25) is 4.79 Å². The van der Waals surface area contributed by atoms with Gasteiger partial charge in [0.05, 0.1) is 12.2 Å². The van der Waals surface area contributed by atoms with E-state index in [2.05, 4.69) is 5.32 Å². The van der Waals surface area contributed by atoms with Crippen molar-refractivity contribution in [3.05, 3.63) is 35.9 Å². The van der Waals surface area contributed by atoms with Crippen LogP contribution in [0.3, 0.4) is 0 Å². The van der Waals surface area contributed by atoms with E-state index in [1.54, 1.807) is 11.8 Å². The summed E-state index contributed by atoms with van der Waals surface area (Å²) in [6, 6.07) is 7.86. The molecule has 2 rings (SSSR count). The highest BCUT2D eigenvalue weighted by Gasteiger charge is 2.21. The van der Waals surface area contributed by atoms with Crippen molar-refractivity contribution in [2.45, 2.75) is 18.2 Å². The highest BCUT2D eigenvalue weighted by Crippen LogP contribution is 2.24. The predicted molar refractivity (Wildman–Crippen MR) is 83.9 cm³/mol. The molecule has 0 spiro atoms. The molecule has 1 aromatic carbocycles. The molecule has 1 aliphatic rings. The van der Waals surface area contributed by atoms with Crippen LogP contribution in [0, 0.1) is 5.92 Å². The Bertz CT molecular complexity index is 551. The van der Waals surface area contributed by atoms with Gasteiger partial charge in [-0.2, -0.15) is 0 Å². The van der Waals surface area contributed by atoms with Crippen molar-refractivity contribution in [3.63, 3.8) is 0 Å². The summed E-state index contributed by atoms with van der Waals surface area (Å²) in [7, 11) is 0. The second-order valence-electron chi connectivity index (χ2n) is 4.98. The standard InChI is InChI=1S/C16H19NO3S/c1-11(18)17-9-12-3-8-15(16(19)20-10-12)13-4-6-14(21-2)7-5-13/h4-8,12H,3,9-10H2,1-2H3,(H,17,18). The van der Waals surface area contributed by atoms with Crippen molar-refractivity contribution in [3.8, 4) is 0 Å². The molecular formula is C16H19NO3S. The lowest BCUT2D eigenvalue weighted by atomic mass is 10.0. The van der Waals surface area contributed by atoms with Crippen LogP contribution in [0.4, 0.5) is 0 Å². The van der Waals surface area contributed by atoms with Crippen molar-refractivity contribution in [1.82, 2.24) is 5.32 Å². The Morgan fingerprint density at radius 3 is 2.71 bits per heavy atom. The van der Waals surface area contributed by atoms with Gasteiger partial charge in [0.1, 0.15) is 0 Å². The lowest BCUT2D eigenvalue weighted by Gasteiger charge is -2.12. The molecular weight excluding hydrogens is 286 g/mol. The van der Waals surface area contributed by atoms with Crippen molar-refractivity contribution in [2.75, 3.05) is 19.4 Å². The second-order valence-corrected chi connectivity index (χ2v) is 5.86. The third-order valence-corrected chi connectivity index (χ3v) is 4.11. The molecule has 5 heteroatoms. The van der Waals surface area contributed by atoms with Gasteiger partial charge in [0.15, 0.2) is 0 Å². The first kappa shape index (κ1) is 15.6. The van der Waals surface area contributed by atoms with Crippen molar-refractivity contribution < 1.29 is 14.3 Å². The average Bonchev–Trinajstić information content (AvgIpc) is 2.67. The summed E-state index contributed by atoms with van der Waals surface area (Å²) in [5.74, 6) is -0.236. The molecule has 112 valence electrons. The lowest BCUT2D eigenvalue weighted by molar-refractivity contribution is -0.137. The van der Waals surface area contributed by atoms with E-state index in [0.717, 1.165) is 10.5 Å². The van der Waals surface area contributed by atoms with Gasteiger partial charge in [-0.05, 0) is 30.4 Å². The van der Waals surface area contributed by atoms with Crippen LogP contribution in [0.5, 0.6) is 0 Å². The molecule has 1 aromatic rings. The zero-order chi connectivity index (χ0) is 15.2. The number of allylic oxidation sites excluding steroid dienone is 1. The minimum absolute atomic E-state index is 0.0672. The SMILES string of the molecule is CSc1ccc(C2=CCC(CNC(C)=O)COC2=O)cc1. The van der Waals surface area contributed by atoms with Gasteiger partial charge in [0, 0.05) is 24.3 Å². The molecule has 1 N–H and O–H groups in total. The molecule has 0 aromatic heterocycles. The topological polar surface area (TPSA) is 55.4 Å². The van der Waals surface area contributed by atoms with Crippen LogP contribution in [-0.2, 0) is 14.3 Å². The molecule has 1 heterocycles. The Morgan fingerprint density at radius 2 is 2.10 bits per heavy atom. The monoisotopic (exact) mass is 305 g/mol. The van der Waals surface area contributed by atoms with Gasteiger partial charge in [0.2, 0.25) is 5.91 Å². The van der Waals surface area contributed by atoms with E-state index >= 15 is 0 Å². The van der Waals surface area contributed by atoms with Crippen LogP contribution < -0.4 is 5.32 Å². The van der Waals surface area contributed by atoms with E-state index in [1.165, 1.54) is 6.92 Å². The van der Waals surface area contributed by atoms with Gasteiger partial charge in [0.25, 0.3) is 0 Å². The maximum atomic E-state index is 12.1. The fourth-order valence-electron chi connectivity index (χ4n) is 2.14. The van der Waals surface area contributed by atoms with E-state index in [9.17, 15) is 9.59 Å². The van der Waals surface area contributed by atoms with Gasteiger partial charge < -0.3 is 10.1 Å². The number of amides is 1. The molecule has 0 saturated heterocycles. The molecule has 1 amide bonds.